The van der Waals surface area contributed by atoms with Gasteiger partial charge in [0.05, 0.1) is 12.7 Å². The largest absolute Gasteiger partial charge is 0.486 e. The number of esters is 1. The predicted molar refractivity (Wildman–Crippen MR) is 82.0 cm³/mol. The van der Waals surface area contributed by atoms with E-state index in [4.69, 9.17) is 9.47 Å². The molecule has 1 aliphatic rings. The molecule has 110 valence electrons. The fraction of sp³-hybridized carbons (Fsp3) is 0.375. The molecule has 0 amide bonds. The van der Waals surface area contributed by atoms with Gasteiger partial charge in [0.25, 0.3) is 0 Å². The summed E-state index contributed by atoms with van der Waals surface area (Å²) in [4.78, 5) is 17.0. The highest BCUT2D eigenvalue weighted by atomic mass is 32.1. The van der Waals surface area contributed by atoms with E-state index in [2.05, 4.69) is 24.9 Å². The molecule has 3 rings (SSSR count). The van der Waals surface area contributed by atoms with E-state index in [1.54, 1.807) is 0 Å². The lowest BCUT2D eigenvalue weighted by Crippen LogP contribution is -2.24. The van der Waals surface area contributed by atoms with Gasteiger partial charge in [-0.3, -0.25) is 0 Å². The average molecular weight is 303 g/mol. The first-order valence-corrected chi connectivity index (χ1v) is 7.60. The molecule has 0 aliphatic carbocycles. The Morgan fingerprint density at radius 3 is 2.90 bits per heavy atom. The van der Waals surface area contributed by atoms with Crippen LogP contribution in [0.25, 0.3) is 10.6 Å². The quantitative estimate of drug-likeness (QED) is 0.795. The zero-order valence-corrected chi connectivity index (χ0v) is 13.3. The summed E-state index contributed by atoms with van der Waals surface area (Å²) >= 11 is 1.49. The first-order valence-electron chi connectivity index (χ1n) is 6.78. The molecule has 21 heavy (non-hydrogen) atoms. The van der Waals surface area contributed by atoms with Gasteiger partial charge in [-0.1, -0.05) is 12.1 Å². The van der Waals surface area contributed by atoms with Gasteiger partial charge in [0.1, 0.15) is 16.4 Å². The number of hydrogen-bond acceptors (Lipinski definition) is 5. The third-order valence-electron chi connectivity index (χ3n) is 3.50. The van der Waals surface area contributed by atoms with Crippen molar-refractivity contribution in [2.24, 2.45) is 0 Å². The standard InChI is InChI=1S/C16H17NO3S/c1-9-12(15(18)19-4)17-14(21-9)11-7-5-6-10-8-16(2,3)20-13(10)11/h5-7H,8H2,1-4H3. The second kappa shape index (κ2) is 4.84. The van der Waals surface area contributed by atoms with Crippen molar-refractivity contribution in [1.82, 2.24) is 4.98 Å². The number of aryl methyl sites for hydroxylation is 1. The predicted octanol–water partition coefficient (Wildman–Crippen LogP) is 3.62. The molecule has 0 N–H and O–H groups in total. The number of ether oxygens (including phenoxy) is 2. The maximum absolute atomic E-state index is 11.7. The normalized spacial score (nSPS) is 15.4. The molecule has 0 fully saturated rings. The lowest BCUT2D eigenvalue weighted by molar-refractivity contribution is 0.0594. The van der Waals surface area contributed by atoms with Crippen LogP contribution < -0.4 is 4.74 Å². The van der Waals surface area contributed by atoms with Crippen LogP contribution in [0.1, 0.15) is 34.8 Å². The topological polar surface area (TPSA) is 48.4 Å². The van der Waals surface area contributed by atoms with Crippen LogP contribution in [0, 0.1) is 6.92 Å². The third-order valence-corrected chi connectivity index (χ3v) is 4.50. The van der Waals surface area contributed by atoms with Gasteiger partial charge in [-0.25, -0.2) is 9.78 Å². The van der Waals surface area contributed by atoms with Gasteiger partial charge in [0, 0.05) is 11.3 Å². The Morgan fingerprint density at radius 2 is 2.19 bits per heavy atom. The number of hydrogen-bond donors (Lipinski definition) is 0. The minimum absolute atomic E-state index is 0.198. The van der Waals surface area contributed by atoms with Crippen LogP contribution in [-0.4, -0.2) is 23.7 Å². The molecule has 0 unspecified atom stereocenters. The molecule has 0 radical (unpaired) electrons. The van der Waals surface area contributed by atoms with Crippen LogP contribution >= 0.6 is 11.3 Å². The summed E-state index contributed by atoms with van der Waals surface area (Å²) in [7, 11) is 1.37. The van der Waals surface area contributed by atoms with E-state index in [9.17, 15) is 4.79 Å². The Labute approximate surface area is 127 Å². The van der Waals surface area contributed by atoms with Crippen molar-refractivity contribution in [1.29, 1.82) is 0 Å². The summed E-state index contributed by atoms with van der Waals surface area (Å²) in [6, 6.07) is 6.07. The van der Waals surface area contributed by atoms with E-state index in [-0.39, 0.29) is 5.60 Å². The van der Waals surface area contributed by atoms with E-state index >= 15 is 0 Å². The Balaban J connectivity index is 2.08. The molecule has 5 heteroatoms. The molecule has 0 bridgehead atoms. The molecule has 0 spiro atoms. The van der Waals surface area contributed by atoms with Crippen molar-refractivity contribution >= 4 is 17.3 Å². The Bertz CT molecular complexity index is 718. The van der Waals surface area contributed by atoms with Crippen LogP contribution in [0.15, 0.2) is 18.2 Å². The second-order valence-corrected chi connectivity index (χ2v) is 6.95. The number of methoxy groups -OCH3 is 1. The van der Waals surface area contributed by atoms with Crippen LogP contribution in [0.3, 0.4) is 0 Å². The molecule has 2 aromatic rings. The summed E-state index contributed by atoms with van der Waals surface area (Å²) in [6.45, 7) is 6.02. The van der Waals surface area contributed by atoms with Gasteiger partial charge < -0.3 is 9.47 Å². The van der Waals surface area contributed by atoms with Gasteiger partial charge in [-0.15, -0.1) is 11.3 Å². The van der Waals surface area contributed by atoms with E-state index in [1.807, 2.05) is 19.1 Å². The minimum Gasteiger partial charge on any atom is -0.486 e. The molecule has 0 saturated heterocycles. The summed E-state index contributed by atoms with van der Waals surface area (Å²) in [5.74, 6) is 0.483. The lowest BCUT2D eigenvalue weighted by Gasteiger charge is -2.17. The summed E-state index contributed by atoms with van der Waals surface area (Å²) in [5, 5.41) is 0.794. The van der Waals surface area contributed by atoms with Crippen molar-refractivity contribution in [3.8, 4) is 16.3 Å². The van der Waals surface area contributed by atoms with Gasteiger partial charge in [-0.2, -0.15) is 0 Å². The highest BCUT2D eigenvalue weighted by molar-refractivity contribution is 7.15. The van der Waals surface area contributed by atoms with E-state index < -0.39 is 5.97 Å². The van der Waals surface area contributed by atoms with Crippen LogP contribution in [-0.2, 0) is 11.2 Å². The van der Waals surface area contributed by atoms with Gasteiger partial charge in [0.2, 0.25) is 0 Å². The molecule has 1 aliphatic heterocycles. The number of thiazole rings is 1. The fourth-order valence-electron chi connectivity index (χ4n) is 2.58. The first kappa shape index (κ1) is 14.1. The van der Waals surface area contributed by atoms with Crippen molar-refractivity contribution in [3.63, 3.8) is 0 Å². The van der Waals surface area contributed by atoms with Gasteiger partial charge >= 0.3 is 5.97 Å². The highest BCUT2D eigenvalue weighted by Gasteiger charge is 2.32. The zero-order valence-electron chi connectivity index (χ0n) is 12.5. The van der Waals surface area contributed by atoms with Crippen LogP contribution in [0.4, 0.5) is 0 Å². The SMILES string of the molecule is COC(=O)c1nc(-c2cccc3c2OC(C)(C)C3)sc1C. The third kappa shape index (κ3) is 2.42. The molecule has 4 nitrogen and oxygen atoms in total. The molecule has 2 heterocycles. The monoisotopic (exact) mass is 303 g/mol. The minimum atomic E-state index is -0.399. The zero-order chi connectivity index (χ0) is 15.2. The fourth-order valence-corrected chi connectivity index (χ4v) is 3.51. The molecule has 1 aromatic heterocycles. The Morgan fingerprint density at radius 1 is 1.43 bits per heavy atom. The number of aromatic nitrogens is 1. The molecule has 0 atom stereocenters. The summed E-state index contributed by atoms with van der Waals surface area (Å²) in [5.41, 5.74) is 2.31. The first-order chi connectivity index (χ1) is 9.91. The van der Waals surface area contributed by atoms with Crippen LogP contribution in [0.5, 0.6) is 5.75 Å². The van der Waals surface area contributed by atoms with Gasteiger partial charge in [0.15, 0.2) is 5.69 Å². The Kier molecular flexibility index (Phi) is 3.24. The Hall–Kier alpha value is -1.88. The molecular formula is C16H17NO3S. The summed E-state index contributed by atoms with van der Waals surface area (Å²) in [6.07, 6.45) is 0.879. The van der Waals surface area contributed by atoms with E-state index in [1.165, 1.54) is 24.0 Å². The number of carbonyl (C=O) groups is 1. The number of fused-ring (bicyclic) bond motifs is 1. The van der Waals surface area contributed by atoms with Crippen LogP contribution in [0.2, 0.25) is 0 Å². The van der Waals surface area contributed by atoms with E-state index in [0.717, 1.165) is 27.6 Å². The number of benzene rings is 1. The number of carbonyl (C=O) groups excluding carboxylic acids is 1. The summed E-state index contributed by atoms with van der Waals surface area (Å²) < 4.78 is 10.8. The van der Waals surface area contributed by atoms with Crippen molar-refractivity contribution < 1.29 is 14.3 Å². The average Bonchev–Trinajstić information content (AvgIpc) is 2.95. The van der Waals surface area contributed by atoms with Gasteiger partial charge in [-0.05, 0) is 32.4 Å². The van der Waals surface area contributed by atoms with Crippen molar-refractivity contribution in [2.75, 3.05) is 7.11 Å². The van der Waals surface area contributed by atoms with Crippen molar-refractivity contribution in [2.45, 2.75) is 32.8 Å². The molecule has 1 aromatic carbocycles. The maximum atomic E-state index is 11.7. The highest BCUT2D eigenvalue weighted by Crippen LogP contribution is 2.43. The number of nitrogens with zero attached hydrogens (tertiary/aromatic N) is 1. The lowest BCUT2D eigenvalue weighted by atomic mass is 10.0. The number of para-hydroxylation sites is 1. The smallest absolute Gasteiger partial charge is 0.357 e. The molecular weight excluding hydrogens is 286 g/mol. The number of rotatable bonds is 2. The van der Waals surface area contributed by atoms with E-state index in [0.29, 0.717) is 5.69 Å². The van der Waals surface area contributed by atoms with Crippen molar-refractivity contribution in [3.05, 3.63) is 34.3 Å². The second-order valence-electron chi connectivity index (χ2n) is 5.75. The maximum Gasteiger partial charge on any atom is 0.357 e. The molecule has 0 saturated carbocycles.